The largest absolute Gasteiger partial charge is 0.399 e. The fraction of sp³-hybridized carbons (Fsp3) is 0.273. The van der Waals surface area contributed by atoms with Crippen LogP contribution in [0.4, 0.5) is 5.69 Å². The van der Waals surface area contributed by atoms with Crippen LogP contribution in [0.1, 0.15) is 25.3 Å². The van der Waals surface area contributed by atoms with E-state index in [9.17, 15) is 0 Å². The molecule has 0 aliphatic rings. The second-order valence-corrected chi connectivity index (χ2v) is 4.51. The summed E-state index contributed by atoms with van der Waals surface area (Å²) >= 11 is 1.80. The number of nitrogen functional groups attached to an aromatic ring is 1. The molecule has 0 unspecified atom stereocenters. The SMILES string of the molecule is CC(C)c1csc2ccc(N)cc12. The highest BCUT2D eigenvalue weighted by atomic mass is 32.1. The van der Waals surface area contributed by atoms with Crippen molar-refractivity contribution in [3.8, 4) is 0 Å². The molecule has 2 heteroatoms. The van der Waals surface area contributed by atoms with Crippen LogP contribution in [0.5, 0.6) is 0 Å². The fourth-order valence-corrected chi connectivity index (χ4v) is 2.62. The van der Waals surface area contributed by atoms with Gasteiger partial charge in [0.1, 0.15) is 0 Å². The summed E-state index contributed by atoms with van der Waals surface area (Å²) in [6.07, 6.45) is 0. The van der Waals surface area contributed by atoms with Crippen LogP contribution in [0.2, 0.25) is 0 Å². The Morgan fingerprint density at radius 2 is 2.08 bits per heavy atom. The van der Waals surface area contributed by atoms with Crippen molar-refractivity contribution in [2.75, 3.05) is 5.73 Å². The van der Waals surface area contributed by atoms with Crippen molar-refractivity contribution in [1.29, 1.82) is 0 Å². The summed E-state index contributed by atoms with van der Waals surface area (Å²) in [5.41, 5.74) is 8.02. The molecule has 1 aromatic carbocycles. The van der Waals surface area contributed by atoms with Crippen molar-refractivity contribution in [3.63, 3.8) is 0 Å². The number of nitrogens with two attached hydrogens (primary N) is 1. The Bertz CT molecular complexity index is 429. The first kappa shape index (κ1) is 8.57. The molecule has 68 valence electrons. The number of rotatable bonds is 1. The zero-order valence-electron chi connectivity index (χ0n) is 7.87. The lowest BCUT2D eigenvalue weighted by Crippen LogP contribution is -1.86. The van der Waals surface area contributed by atoms with Crippen molar-refractivity contribution >= 4 is 27.1 Å². The summed E-state index contributed by atoms with van der Waals surface area (Å²) in [7, 11) is 0. The summed E-state index contributed by atoms with van der Waals surface area (Å²) in [5.74, 6) is 0.579. The van der Waals surface area contributed by atoms with Gasteiger partial charge < -0.3 is 5.73 Å². The highest BCUT2D eigenvalue weighted by Crippen LogP contribution is 2.32. The second kappa shape index (κ2) is 3.04. The van der Waals surface area contributed by atoms with E-state index in [2.05, 4.69) is 31.4 Å². The molecule has 1 nitrogen and oxygen atoms in total. The number of anilines is 1. The lowest BCUT2D eigenvalue weighted by Gasteiger charge is -2.02. The minimum atomic E-state index is 0.579. The number of hydrogen-bond acceptors (Lipinski definition) is 2. The molecule has 2 N–H and O–H groups in total. The van der Waals surface area contributed by atoms with E-state index in [1.165, 1.54) is 15.6 Å². The van der Waals surface area contributed by atoms with Crippen LogP contribution >= 0.6 is 11.3 Å². The molecule has 0 spiro atoms. The molecule has 0 saturated heterocycles. The molecule has 1 aromatic heterocycles. The van der Waals surface area contributed by atoms with Gasteiger partial charge in [0.05, 0.1) is 0 Å². The first-order valence-electron chi connectivity index (χ1n) is 4.45. The van der Waals surface area contributed by atoms with Gasteiger partial charge in [0, 0.05) is 10.4 Å². The lowest BCUT2D eigenvalue weighted by atomic mass is 10.0. The molecule has 2 rings (SSSR count). The molecule has 0 aliphatic carbocycles. The minimum absolute atomic E-state index is 0.579. The Balaban J connectivity index is 2.71. The highest BCUT2D eigenvalue weighted by Gasteiger charge is 2.06. The standard InChI is InChI=1S/C11H13NS/c1-7(2)10-6-13-11-4-3-8(12)5-9(10)11/h3-7H,12H2,1-2H3. The van der Waals surface area contributed by atoms with Crippen molar-refractivity contribution in [3.05, 3.63) is 29.1 Å². The van der Waals surface area contributed by atoms with Crippen molar-refractivity contribution in [1.82, 2.24) is 0 Å². The second-order valence-electron chi connectivity index (χ2n) is 3.60. The van der Waals surface area contributed by atoms with Crippen LogP contribution in [0, 0.1) is 0 Å². The Morgan fingerprint density at radius 3 is 2.77 bits per heavy atom. The van der Waals surface area contributed by atoms with Gasteiger partial charge in [-0.15, -0.1) is 11.3 Å². The van der Waals surface area contributed by atoms with Gasteiger partial charge in [0.15, 0.2) is 0 Å². The average Bonchev–Trinajstić information content (AvgIpc) is 2.46. The molecule has 0 bridgehead atoms. The van der Waals surface area contributed by atoms with Crippen LogP contribution in [0.25, 0.3) is 10.1 Å². The molecule has 0 amide bonds. The van der Waals surface area contributed by atoms with Gasteiger partial charge in [-0.25, -0.2) is 0 Å². The predicted octanol–water partition coefficient (Wildman–Crippen LogP) is 3.61. The number of benzene rings is 1. The zero-order valence-corrected chi connectivity index (χ0v) is 8.69. The molecular formula is C11H13NS. The summed E-state index contributed by atoms with van der Waals surface area (Å²) in [5, 5.41) is 3.55. The molecule has 0 radical (unpaired) electrons. The van der Waals surface area contributed by atoms with Gasteiger partial charge in [0.25, 0.3) is 0 Å². The van der Waals surface area contributed by atoms with Gasteiger partial charge in [-0.05, 0) is 40.4 Å². The maximum Gasteiger partial charge on any atom is 0.0347 e. The van der Waals surface area contributed by atoms with E-state index in [0.717, 1.165) is 5.69 Å². The van der Waals surface area contributed by atoms with Crippen LogP contribution < -0.4 is 5.73 Å². The summed E-state index contributed by atoms with van der Waals surface area (Å²) < 4.78 is 1.33. The summed E-state index contributed by atoms with van der Waals surface area (Å²) in [6, 6.07) is 6.13. The summed E-state index contributed by atoms with van der Waals surface area (Å²) in [4.78, 5) is 0. The normalized spacial score (nSPS) is 11.3. The molecule has 1 heterocycles. The molecule has 2 aromatic rings. The maximum atomic E-state index is 5.76. The van der Waals surface area contributed by atoms with E-state index in [1.54, 1.807) is 11.3 Å². The number of thiophene rings is 1. The van der Waals surface area contributed by atoms with Crippen LogP contribution in [0.3, 0.4) is 0 Å². The number of fused-ring (bicyclic) bond motifs is 1. The van der Waals surface area contributed by atoms with E-state index in [0.29, 0.717) is 5.92 Å². The van der Waals surface area contributed by atoms with Crippen LogP contribution in [-0.4, -0.2) is 0 Å². The summed E-state index contributed by atoms with van der Waals surface area (Å²) in [6.45, 7) is 4.43. The number of hydrogen-bond donors (Lipinski definition) is 1. The van der Waals surface area contributed by atoms with Crippen molar-refractivity contribution in [2.24, 2.45) is 0 Å². The third kappa shape index (κ3) is 1.42. The van der Waals surface area contributed by atoms with Gasteiger partial charge in [-0.3, -0.25) is 0 Å². The smallest absolute Gasteiger partial charge is 0.0347 e. The quantitative estimate of drug-likeness (QED) is 0.685. The average molecular weight is 191 g/mol. The molecular weight excluding hydrogens is 178 g/mol. The van der Waals surface area contributed by atoms with Crippen molar-refractivity contribution in [2.45, 2.75) is 19.8 Å². The van der Waals surface area contributed by atoms with E-state index >= 15 is 0 Å². The van der Waals surface area contributed by atoms with Crippen molar-refractivity contribution < 1.29 is 0 Å². The zero-order chi connectivity index (χ0) is 9.42. The third-order valence-corrected chi connectivity index (χ3v) is 3.23. The molecule has 0 atom stereocenters. The van der Waals surface area contributed by atoms with Crippen LogP contribution in [-0.2, 0) is 0 Å². The minimum Gasteiger partial charge on any atom is -0.399 e. The molecule has 13 heavy (non-hydrogen) atoms. The predicted molar refractivity (Wildman–Crippen MR) is 60.3 cm³/mol. The van der Waals surface area contributed by atoms with Gasteiger partial charge in [0.2, 0.25) is 0 Å². The Hall–Kier alpha value is -1.02. The topological polar surface area (TPSA) is 26.0 Å². The first-order valence-corrected chi connectivity index (χ1v) is 5.33. The molecule has 0 aliphatic heterocycles. The lowest BCUT2D eigenvalue weighted by molar-refractivity contribution is 0.880. The van der Waals surface area contributed by atoms with Gasteiger partial charge in [-0.1, -0.05) is 13.8 Å². The highest BCUT2D eigenvalue weighted by molar-refractivity contribution is 7.17. The Labute approximate surface area is 82.2 Å². The molecule has 0 saturated carbocycles. The van der Waals surface area contributed by atoms with E-state index < -0.39 is 0 Å². The van der Waals surface area contributed by atoms with E-state index in [-0.39, 0.29) is 0 Å². The van der Waals surface area contributed by atoms with E-state index in [4.69, 9.17) is 5.73 Å². The monoisotopic (exact) mass is 191 g/mol. The maximum absolute atomic E-state index is 5.76. The Morgan fingerprint density at radius 1 is 1.31 bits per heavy atom. The fourth-order valence-electron chi connectivity index (χ4n) is 1.51. The van der Waals surface area contributed by atoms with Gasteiger partial charge >= 0.3 is 0 Å². The van der Waals surface area contributed by atoms with E-state index in [1.807, 2.05) is 6.07 Å². The first-order chi connectivity index (χ1) is 6.18. The molecule has 0 fully saturated rings. The third-order valence-electron chi connectivity index (χ3n) is 2.25. The van der Waals surface area contributed by atoms with Gasteiger partial charge in [-0.2, -0.15) is 0 Å². The van der Waals surface area contributed by atoms with Crippen LogP contribution in [0.15, 0.2) is 23.6 Å². The Kier molecular flexibility index (Phi) is 2.00.